The third-order valence-electron chi connectivity index (χ3n) is 7.50. The molecule has 0 radical (unpaired) electrons. The number of thiazole rings is 2. The van der Waals surface area contributed by atoms with Crippen LogP contribution in [0.5, 0.6) is 0 Å². The molecule has 0 amide bonds. The summed E-state index contributed by atoms with van der Waals surface area (Å²) in [5, 5.41) is 12.4. The van der Waals surface area contributed by atoms with Crippen LogP contribution in [0.3, 0.4) is 0 Å². The number of fused-ring (bicyclic) bond motifs is 2. The summed E-state index contributed by atoms with van der Waals surface area (Å²) < 4.78 is 7.02. The van der Waals surface area contributed by atoms with Crippen LogP contribution in [0.15, 0.2) is 124 Å². The molecule has 9 heteroatoms. The molecule has 0 bridgehead atoms. The Morgan fingerprint density at radius 1 is 0.870 bits per heavy atom. The maximum Gasteiger partial charge on any atom is 0.273 e. The van der Waals surface area contributed by atoms with Gasteiger partial charge in [-0.3, -0.25) is 9.36 Å². The van der Waals surface area contributed by atoms with Crippen LogP contribution in [0.2, 0.25) is 0 Å². The lowest BCUT2D eigenvalue weighted by molar-refractivity contribution is -0.665. The largest absolute Gasteiger partial charge is 0.545 e. The second kappa shape index (κ2) is 13.7. The zero-order chi connectivity index (χ0) is 32.2. The van der Waals surface area contributed by atoms with E-state index in [0.29, 0.717) is 4.53 Å². The Kier molecular flexibility index (Phi) is 9.35. The number of aryl methyl sites for hydroxylation is 2. The van der Waals surface area contributed by atoms with Gasteiger partial charge in [0.05, 0.1) is 33.0 Å². The molecule has 0 aliphatic carbocycles. The maximum absolute atomic E-state index is 13.7. The summed E-state index contributed by atoms with van der Waals surface area (Å²) in [6.45, 7) is 4.93. The number of hydrogen-bond donors (Lipinski definition) is 0. The van der Waals surface area contributed by atoms with Gasteiger partial charge in [0.25, 0.3) is 10.6 Å². The Bertz CT molecular complexity index is 2250. The fourth-order valence-electron chi connectivity index (χ4n) is 5.13. The summed E-state index contributed by atoms with van der Waals surface area (Å²) in [5.41, 5.74) is 4.56. The quantitative estimate of drug-likeness (QED) is 0.229. The summed E-state index contributed by atoms with van der Waals surface area (Å²) in [4.78, 5) is 27.3. The number of carboxylic acid groups (broad SMARTS) is 1. The molecular formula is C37H31N3O3S3. The van der Waals surface area contributed by atoms with E-state index < -0.39 is 5.97 Å². The lowest BCUT2D eigenvalue weighted by Crippen LogP contribution is -2.35. The van der Waals surface area contributed by atoms with Crippen molar-refractivity contribution < 1.29 is 14.5 Å². The second-order valence-corrected chi connectivity index (χ2v) is 13.7. The molecule has 4 aromatic carbocycles. The van der Waals surface area contributed by atoms with Gasteiger partial charge in [0.1, 0.15) is 15.9 Å². The maximum atomic E-state index is 13.7. The summed E-state index contributed by atoms with van der Waals surface area (Å²) in [7, 11) is 2.07. The number of carboxylic acids is 1. The highest BCUT2D eigenvalue weighted by Gasteiger charge is 2.21. The molecule has 0 atom stereocenters. The zero-order valence-electron chi connectivity index (χ0n) is 25.5. The molecule has 46 heavy (non-hydrogen) atoms. The fraction of sp³-hybridized carbons (Fsp3) is 0.108. The van der Waals surface area contributed by atoms with Crippen molar-refractivity contribution >= 4 is 68.5 Å². The van der Waals surface area contributed by atoms with E-state index in [0.717, 1.165) is 32.5 Å². The third-order valence-corrected chi connectivity index (χ3v) is 10.8. The van der Waals surface area contributed by atoms with Crippen LogP contribution in [0.4, 0.5) is 5.69 Å². The van der Waals surface area contributed by atoms with Crippen LogP contribution >= 0.6 is 34.4 Å². The van der Waals surface area contributed by atoms with Crippen molar-refractivity contribution in [2.45, 2.75) is 25.3 Å². The van der Waals surface area contributed by atoms with Crippen LogP contribution in [0.1, 0.15) is 27.9 Å². The number of rotatable bonds is 5. The van der Waals surface area contributed by atoms with Crippen LogP contribution in [0, 0.1) is 6.92 Å². The Hall–Kier alpha value is -4.70. The van der Waals surface area contributed by atoms with E-state index in [9.17, 15) is 14.7 Å². The number of anilines is 1. The molecule has 0 saturated carbocycles. The van der Waals surface area contributed by atoms with Crippen molar-refractivity contribution in [2.24, 2.45) is 0 Å². The van der Waals surface area contributed by atoms with Crippen molar-refractivity contribution in [3.63, 3.8) is 0 Å². The van der Waals surface area contributed by atoms with Gasteiger partial charge in [-0.15, -0.1) is 11.3 Å². The van der Waals surface area contributed by atoms with E-state index in [1.165, 1.54) is 44.3 Å². The highest BCUT2D eigenvalue weighted by molar-refractivity contribution is 8.03. The number of aromatic nitrogens is 2. The smallest absolute Gasteiger partial charge is 0.273 e. The minimum absolute atomic E-state index is 0.00150. The number of nitrogens with zero attached hydrogens (tertiary/aromatic N) is 3. The van der Waals surface area contributed by atoms with Gasteiger partial charge in [-0.2, -0.15) is 4.57 Å². The second-order valence-electron chi connectivity index (χ2n) is 10.5. The van der Waals surface area contributed by atoms with E-state index in [1.807, 2.05) is 47.9 Å². The van der Waals surface area contributed by atoms with Crippen molar-refractivity contribution in [2.75, 3.05) is 11.9 Å². The monoisotopic (exact) mass is 661 g/mol. The van der Waals surface area contributed by atoms with Crippen LogP contribution < -0.4 is 29.3 Å². The standard InChI is InChI=1S/C29H24N3OS3.C8H8O2/c1-3-31-22-14-8-10-16-24(22)35-27(31)19-28-32(20-11-5-4-6-12-20)29(33)25(36-28)17-18-26-30(2)21-13-7-9-15-23(21)34-26;1-6-2-4-7(5-3-6)8(9)10/h4-19H,3H2,1-2H3;2-5H,1H3,(H,9,10)/q+1;/p-1/b25-17-,26-18-;. The number of para-hydroxylation sites is 3. The van der Waals surface area contributed by atoms with Gasteiger partial charge in [0.2, 0.25) is 5.52 Å². The van der Waals surface area contributed by atoms with Crippen molar-refractivity contribution in [3.05, 3.63) is 150 Å². The molecule has 6 nitrogen and oxygen atoms in total. The number of carbonyl (C=O) groups excluding carboxylic acids is 1. The average molecular weight is 662 g/mol. The zero-order valence-corrected chi connectivity index (χ0v) is 28.0. The molecule has 230 valence electrons. The van der Waals surface area contributed by atoms with Gasteiger partial charge in [0.15, 0.2) is 0 Å². The highest BCUT2D eigenvalue weighted by Crippen LogP contribution is 2.44. The number of allylic oxidation sites excluding steroid dienone is 1. The van der Waals surface area contributed by atoms with Crippen LogP contribution in [0.25, 0.3) is 28.1 Å². The van der Waals surface area contributed by atoms with E-state index >= 15 is 0 Å². The predicted molar refractivity (Wildman–Crippen MR) is 189 cm³/mol. The van der Waals surface area contributed by atoms with Gasteiger partial charge in [-0.25, -0.2) is 0 Å². The van der Waals surface area contributed by atoms with Crippen molar-refractivity contribution in [1.29, 1.82) is 0 Å². The first-order valence-corrected chi connectivity index (χ1v) is 17.2. The molecule has 3 heterocycles. The molecule has 1 aliphatic heterocycles. The lowest BCUT2D eigenvalue weighted by Gasteiger charge is -2.12. The topological polar surface area (TPSA) is 69.2 Å². The minimum Gasteiger partial charge on any atom is -0.545 e. The normalized spacial score (nSPS) is 14.1. The summed E-state index contributed by atoms with van der Waals surface area (Å²) in [6.07, 6.45) is 6.18. The number of hydrogen-bond acceptors (Lipinski definition) is 7. The van der Waals surface area contributed by atoms with Gasteiger partial charge in [0, 0.05) is 18.0 Å². The number of benzene rings is 4. The van der Waals surface area contributed by atoms with E-state index in [1.54, 1.807) is 35.2 Å². The van der Waals surface area contributed by atoms with Gasteiger partial charge < -0.3 is 14.8 Å². The molecule has 0 N–H and O–H groups in total. The molecule has 1 aliphatic rings. The molecule has 2 aromatic heterocycles. The van der Waals surface area contributed by atoms with Crippen molar-refractivity contribution in [3.8, 4) is 5.69 Å². The average Bonchev–Trinajstić information content (AvgIpc) is 3.70. The molecule has 0 spiro atoms. The molecular weight excluding hydrogens is 631 g/mol. The fourth-order valence-corrected chi connectivity index (χ4v) is 8.41. The molecule has 0 unspecified atom stereocenters. The molecule has 7 rings (SSSR count). The van der Waals surface area contributed by atoms with Crippen LogP contribution in [-0.2, 0) is 6.54 Å². The Morgan fingerprint density at radius 2 is 1.57 bits per heavy atom. The first kappa shape index (κ1) is 31.3. The minimum atomic E-state index is -1.12. The molecule has 0 fully saturated rings. The SMILES string of the molecule is CC[n+]1c(/C=c2\s/c(=C\C=C3/Sc4ccccc4N3C)c(=O)n2-c2ccccc2)sc2ccccc21.Cc1ccc(C(=O)[O-])cc1. The lowest BCUT2D eigenvalue weighted by atomic mass is 10.2. The first-order valence-electron chi connectivity index (χ1n) is 14.7. The molecule has 0 saturated heterocycles. The van der Waals surface area contributed by atoms with Crippen molar-refractivity contribution in [1.82, 2.24) is 4.57 Å². The number of aromatic carboxylic acids is 1. The van der Waals surface area contributed by atoms with E-state index in [-0.39, 0.29) is 11.1 Å². The summed E-state index contributed by atoms with van der Waals surface area (Å²) in [6, 6.07) is 33.3. The third kappa shape index (κ3) is 6.48. The molecule has 6 aromatic rings. The predicted octanol–water partition coefficient (Wildman–Crippen LogP) is 5.47. The summed E-state index contributed by atoms with van der Waals surface area (Å²) >= 11 is 5.02. The Labute approximate surface area is 279 Å². The Balaban J connectivity index is 0.000000319. The van der Waals surface area contributed by atoms with Gasteiger partial charge >= 0.3 is 0 Å². The number of carbonyl (C=O) groups is 1. The van der Waals surface area contributed by atoms with E-state index in [4.69, 9.17) is 0 Å². The van der Waals surface area contributed by atoms with E-state index in [2.05, 4.69) is 84.1 Å². The van der Waals surface area contributed by atoms with Crippen LogP contribution in [-0.4, -0.2) is 17.6 Å². The summed E-state index contributed by atoms with van der Waals surface area (Å²) in [5.74, 6) is -1.12. The Morgan fingerprint density at radius 3 is 2.28 bits per heavy atom. The van der Waals surface area contributed by atoms with Gasteiger partial charge in [-0.05, 0) is 61.9 Å². The first-order chi connectivity index (χ1) is 22.3. The highest BCUT2D eigenvalue weighted by atomic mass is 32.2. The number of thioether (sulfide) groups is 1. The van der Waals surface area contributed by atoms with Gasteiger partial charge in [-0.1, -0.05) is 95.4 Å².